The highest BCUT2D eigenvalue weighted by Crippen LogP contribution is 2.25. The van der Waals surface area contributed by atoms with Crippen molar-refractivity contribution in [2.45, 2.75) is 51.9 Å². The molecule has 2 N–H and O–H groups in total. The molecule has 0 aliphatic heterocycles. The molecule has 1 aromatic rings. The number of carbonyl (C=O) groups excluding carboxylic acids is 2. The highest BCUT2D eigenvalue weighted by molar-refractivity contribution is 5.97. The minimum atomic E-state index is -0.101. The molecule has 2 amide bonds. The molecule has 2 rings (SSSR count). The van der Waals surface area contributed by atoms with Gasteiger partial charge in [-0.05, 0) is 37.5 Å². The van der Waals surface area contributed by atoms with Crippen LogP contribution in [0.5, 0.6) is 0 Å². The topological polar surface area (TPSA) is 69.6 Å². The quantitative estimate of drug-likeness (QED) is 0.757. The van der Waals surface area contributed by atoms with E-state index in [1.165, 1.54) is 6.42 Å². The van der Waals surface area contributed by atoms with Crippen LogP contribution in [0.4, 0.5) is 5.69 Å². The second-order valence-electron chi connectivity index (χ2n) is 6.77. The monoisotopic (exact) mass is 346 g/mol. The van der Waals surface area contributed by atoms with Crippen LogP contribution in [-0.2, 0) is 4.79 Å². The average Bonchev–Trinajstić information content (AvgIpc) is 2.65. The first-order valence-corrected chi connectivity index (χ1v) is 9.46. The molecular weight excluding hydrogens is 316 g/mol. The summed E-state index contributed by atoms with van der Waals surface area (Å²) >= 11 is 0. The van der Waals surface area contributed by atoms with Crippen LogP contribution in [0, 0.1) is 5.92 Å². The summed E-state index contributed by atoms with van der Waals surface area (Å²) < 4.78 is 0. The fourth-order valence-electron chi connectivity index (χ4n) is 3.31. The van der Waals surface area contributed by atoms with Gasteiger partial charge in [0.15, 0.2) is 0 Å². The van der Waals surface area contributed by atoms with Crippen LogP contribution >= 0.6 is 0 Å². The highest BCUT2D eigenvalue weighted by atomic mass is 16.3. The lowest BCUT2D eigenvalue weighted by Crippen LogP contribution is -2.34. The molecule has 1 aliphatic carbocycles. The van der Waals surface area contributed by atoms with E-state index in [0.717, 1.165) is 38.5 Å². The molecule has 138 valence electrons. The van der Waals surface area contributed by atoms with E-state index >= 15 is 0 Å². The predicted octanol–water partition coefficient (Wildman–Crippen LogP) is 3.44. The lowest BCUT2D eigenvalue weighted by atomic mass is 9.88. The number of nitrogens with zero attached hydrogens (tertiary/aromatic N) is 1. The van der Waals surface area contributed by atoms with E-state index in [0.29, 0.717) is 24.3 Å². The summed E-state index contributed by atoms with van der Waals surface area (Å²) in [6, 6.07) is 7.11. The average molecular weight is 346 g/mol. The van der Waals surface area contributed by atoms with Crippen LogP contribution in [0.15, 0.2) is 24.3 Å². The zero-order valence-corrected chi connectivity index (χ0v) is 15.2. The first kappa shape index (κ1) is 19.4. The Morgan fingerprint density at radius 2 is 1.96 bits per heavy atom. The molecule has 0 aromatic heterocycles. The lowest BCUT2D eigenvalue weighted by molar-refractivity contribution is -0.120. The van der Waals surface area contributed by atoms with Crippen molar-refractivity contribution in [3.05, 3.63) is 29.8 Å². The molecule has 5 heteroatoms. The number of hydrogen-bond acceptors (Lipinski definition) is 3. The summed E-state index contributed by atoms with van der Waals surface area (Å²) in [5, 5.41) is 12.2. The van der Waals surface area contributed by atoms with Crippen molar-refractivity contribution >= 4 is 17.5 Å². The van der Waals surface area contributed by atoms with Crippen molar-refractivity contribution in [2.24, 2.45) is 5.92 Å². The first-order chi connectivity index (χ1) is 12.2. The van der Waals surface area contributed by atoms with Gasteiger partial charge in [0.2, 0.25) is 5.91 Å². The molecule has 1 saturated carbocycles. The minimum Gasteiger partial charge on any atom is -0.395 e. The number of hydrogen-bond donors (Lipinski definition) is 2. The maximum absolute atomic E-state index is 12.7. The Kier molecular flexibility index (Phi) is 7.92. The summed E-state index contributed by atoms with van der Waals surface area (Å²) in [7, 11) is 0. The molecule has 0 atom stereocenters. The van der Waals surface area contributed by atoms with Crippen LogP contribution in [0.2, 0.25) is 0 Å². The third kappa shape index (κ3) is 5.85. The molecule has 0 heterocycles. The van der Waals surface area contributed by atoms with E-state index in [2.05, 4.69) is 12.2 Å². The van der Waals surface area contributed by atoms with Gasteiger partial charge in [-0.1, -0.05) is 38.7 Å². The van der Waals surface area contributed by atoms with Crippen molar-refractivity contribution in [3.63, 3.8) is 0 Å². The summed E-state index contributed by atoms with van der Waals surface area (Å²) in [6.07, 6.45) is 7.24. The second-order valence-corrected chi connectivity index (χ2v) is 6.77. The van der Waals surface area contributed by atoms with Crippen molar-refractivity contribution in [1.29, 1.82) is 0 Å². The van der Waals surface area contributed by atoms with Crippen molar-refractivity contribution in [2.75, 3.05) is 25.0 Å². The van der Waals surface area contributed by atoms with Gasteiger partial charge < -0.3 is 15.3 Å². The number of unbranched alkanes of at least 4 members (excludes halogenated alkanes) is 1. The Morgan fingerprint density at radius 3 is 2.64 bits per heavy atom. The van der Waals surface area contributed by atoms with Crippen LogP contribution in [0.1, 0.15) is 62.2 Å². The Labute approximate surface area is 150 Å². The van der Waals surface area contributed by atoms with Crippen LogP contribution < -0.4 is 5.32 Å². The summed E-state index contributed by atoms with van der Waals surface area (Å²) in [4.78, 5) is 26.7. The molecule has 5 nitrogen and oxygen atoms in total. The van der Waals surface area contributed by atoms with Crippen LogP contribution in [-0.4, -0.2) is 41.5 Å². The number of aliphatic hydroxyl groups excluding tert-OH is 1. The van der Waals surface area contributed by atoms with E-state index in [9.17, 15) is 14.7 Å². The minimum absolute atomic E-state index is 0.0481. The molecule has 0 radical (unpaired) electrons. The maximum atomic E-state index is 12.7. The van der Waals surface area contributed by atoms with E-state index in [4.69, 9.17) is 0 Å². The largest absolute Gasteiger partial charge is 0.395 e. The van der Waals surface area contributed by atoms with Gasteiger partial charge in [0.1, 0.15) is 0 Å². The van der Waals surface area contributed by atoms with Gasteiger partial charge in [-0.3, -0.25) is 9.59 Å². The second kappa shape index (κ2) is 10.2. The van der Waals surface area contributed by atoms with Gasteiger partial charge in [0.25, 0.3) is 5.91 Å². The van der Waals surface area contributed by atoms with Crippen LogP contribution in [0.25, 0.3) is 0 Å². The summed E-state index contributed by atoms with van der Waals surface area (Å²) in [6.45, 7) is 2.99. The summed E-state index contributed by atoms with van der Waals surface area (Å²) in [5.41, 5.74) is 1.21. The fourth-order valence-corrected chi connectivity index (χ4v) is 3.31. The van der Waals surface area contributed by atoms with Crippen LogP contribution in [0.3, 0.4) is 0 Å². The third-order valence-corrected chi connectivity index (χ3v) is 4.79. The molecule has 1 aromatic carbocycles. The smallest absolute Gasteiger partial charge is 0.254 e. The zero-order chi connectivity index (χ0) is 18.1. The SMILES string of the molecule is CCCCN(CCO)C(=O)c1cccc(NC(=O)C2CCCCC2)c1. The molecule has 0 bridgehead atoms. The fraction of sp³-hybridized carbons (Fsp3) is 0.600. The first-order valence-electron chi connectivity index (χ1n) is 9.46. The number of nitrogens with one attached hydrogen (secondary N) is 1. The number of aliphatic hydroxyl groups is 1. The standard InChI is InChI=1S/C20H30N2O3/c1-2-3-12-22(13-14-23)20(25)17-10-7-11-18(15-17)21-19(24)16-8-5-4-6-9-16/h7,10-11,15-16,23H,2-6,8-9,12-14H2,1H3,(H,21,24). The van der Waals surface area contributed by atoms with Crippen molar-refractivity contribution < 1.29 is 14.7 Å². The van der Waals surface area contributed by atoms with Crippen molar-refractivity contribution in [3.8, 4) is 0 Å². The number of amides is 2. The van der Waals surface area contributed by atoms with E-state index in [-0.39, 0.29) is 24.3 Å². The van der Waals surface area contributed by atoms with Gasteiger partial charge in [-0.15, -0.1) is 0 Å². The Balaban J connectivity index is 2.03. The molecule has 25 heavy (non-hydrogen) atoms. The van der Waals surface area contributed by atoms with Crippen molar-refractivity contribution in [1.82, 2.24) is 4.90 Å². The van der Waals surface area contributed by atoms with Gasteiger partial charge in [-0.25, -0.2) is 0 Å². The molecular formula is C20H30N2O3. The number of rotatable bonds is 8. The molecule has 1 aliphatic rings. The van der Waals surface area contributed by atoms with E-state index in [1.807, 2.05) is 6.07 Å². The van der Waals surface area contributed by atoms with E-state index < -0.39 is 0 Å². The Morgan fingerprint density at radius 1 is 1.20 bits per heavy atom. The summed E-state index contributed by atoms with van der Waals surface area (Å²) in [5.74, 6) is 0.0438. The van der Waals surface area contributed by atoms with Gasteiger partial charge in [0, 0.05) is 30.3 Å². The number of benzene rings is 1. The number of anilines is 1. The number of carbonyl (C=O) groups is 2. The van der Waals surface area contributed by atoms with Gasteiger partial charge >= 0.3 is 0 Å². The Hall–Kier alpha value is -1.88. The Bertz CT molecular complexity index is 568. The van der Waals surface area contributed by atoms with Gasteiger partial charge in [0.05, 0.1) is 6.61 Å². The molecule has 0 unspecified atom stereocenters. The third-order valence-electron chi connectivity index (χ3n) is 4.79. The highest BCUT2D eigenvalue weighted by Gasteiger charge is 2.21. The zero-order valence-electron chi connectivity index (χ0n) is 15.2. The predicted molar refractivity (Wildman–Crippen MR) is 99.5 cm³/mol. The van der Waals surface area contributed by atoms with Gasteiger partial charge in [-0.2, -0.15) is 0 Å². The lowest BCUT2D eigenvalue weighted by Gasteiger charge is -2.22. The maximum Gasteiger partial charge on any atom is 0.254 e. The molecule has 0 spiro atoms. The van der Waals surface area contributed by atoms with E-state index in [1.54, 1.807) is 23.1 Å². The molecule has 1 fully saturated rings. The normalized spacial score (nSPS) is 15.0. The molecule has 0 saturated heterocycles.